The monoisotopic (exact) mass is 290 g/mol. The number of nitrogens with two attached hydrogens (primary N) is 1. The number of rotatable bonds is 5. The van der Waals surface area contributed by atoms with E-state index >= 15 is 0 Å². The number of carbonyl (C=O) groups is 1. The molecule has 1 aliphatic rings. The number of anilines is 1. The van der Waals surface area contributed by atoms with Gasteiger partial charge in [-0.15, -0.1) is 0 Å². The van der Waals surface area contributed by atoms with Crippen molar-refractivity contribution < 1.29 is 14.5 Å². The number of nitrogens with one attached hydrogen (secondary N) is 1. The Hall–Kier alpha value is -2.66. The lowest BCUT2D eigenvalue weighted by Crippen LogP contribution is -2.30. The van der Waals surface area contributed by atoms with E-state index < -0.39 is 16.9 Å². The van der Waals surface area contributed by atoms with Crippen molar-refractivity contribution in [1.29, 1.82) is 5.26 Å². The molecular weight excluding hydrogens is 276 g/mol. The summed E-state index contributed by atoms with van der Waals surface area (Å²) in [4.78, 5) is 21.4. The maximum atomic E-state index is 11.0. The van der Waals surface area contributed by atoms with Gasteiger partial charge in [0, 0.05) is 12.6 Å². The van der Waals surface area contributed by atoms with Gasteiger partial charge in [-0.25, -0.2) is 0 Å². The summed E-state index contributed by atoms with van der Waals surface area (Å²) in [5.74, 6) is -0.505. The molecule has 0 radical (unpaired) electrons. The van der Waals surface area contributed by atoms with Crippen LogP contribution in [0.5, 0.6) is 0 Å². The molecule has 1 fully saturated rings. The number of nitrogens with zero attached hydrogens (tertiary/aromatic N) is 2. The van der Waals surface area contributed by atoms with Crippen LogP contribution in [0.25, 0.3) is 0 Å². The molecular formula is C13H14N4O4. The van der Waals surface area contributed by atoms with E-state index in [1.54, 1.807) is 0 Å². The number of hydrogen-bond acceptors (Lipinski definition) is 6. The zero-order chi connectivity index (χ0) is 15.4. The van der Waals surface area contributed by atoms with Gasteiger partial charge in [0.05, 0.1) is 22.7 Å². The van der Waals surface area contributed by atoms with Crippen LogP contribution in [-0.4, -0.2) is 29.6 Å². The van der Waals surface area contributed by atoms with Crippen molar-refractivity contribution in [2.75, 3.05) is 11.9 Å². The second kappa shape index (κ2) is 6.19. The molecule has 1 heterocycles. The molecule has 0 saturated carbocycles. The lowest BCUT2D eigenvalue weighted by molar-refractivity contribution is -0.384. The third-order valence-corrected chi connectivity index (χ3v) is 3.27. The second-order valence-corrected chi connectivity index (χ2v) is 4.71. The molecule has 2 atom stereocenters. The highest BCUT2D eigenvalue weighted by atomic mass is 16.6. The van der Waals surface area contributed by atoms with Gasteiger partial charge in [0.2, 0.25) is 5.91 Å². The Morgan fingerprint density at radius 3 is 2.90 bits per heavy atom. The van der Waals surface area contributed by atoms with E-state index in [0.717, 1.165) is 0 Å². The molecule has 2 rings (SSSR count). The summed E-state index contributed by atoms with van der Waals surface area (Å²) in [5.41, 5.74) is 5.63. The van der Waals surface area contributed by atoms with Crippen LogP contribution in [0.1, 0.15) is 18.4 Å². The van der Waals surface area contributed by atoms with E-state index in [1.165, 1.54) is 18.2 Å². The molecule has 110 valence electrons. The van der Waals surface area contributed by atoms with Crippen LogP contribution in [0.2, 0.25) is 0 Å². The van der Waals surface area contributed by atoms with Crippen molar-refractivity contribution in [1.82, 2.24) is 0 Å². The Balaban J connectivity index is 2.04. The highest BCUT2D eigenvalue weighted by Gasteiger charge is 2.29. The fraction of sp³-hybridized carbons (Fsp3) is 0.385. The van der Waals surface area contributed by atoms with Gasteiger partial charge in [-0.1, -0.05) is 0 Å². The number of nitriles is 1. The summed E-state index contributed by atoms with van der Waals surface area (Å²) in [5, 5.41) is 22.7. The molecule has 8 nitrogen and oxygen atoms in total. The van der Waals surface area contributed by atoms with Crippen molar-refractivity contribution >= 4 is 17.3 Å². The average Bonchev–Trinajstić information content (AvgIpc) is 2.93. The molecule has 0 aromatic heterocycles. The molecule has 1 aliphatic heterocycles. The SMILES string of the molecule is N#Cc1ccc([N+](=O)[O-])c(NC[C@@H]2CC[C@@H](C(N)=O)O2)c1. The summed E-state index contributed by atoms with van der Waals surface area (Å²) in [6, 6.07) is 6.01. The fourth-order valence-corrected chi connectivity index (χ4v) is 2.20. The largest absolute Gasteiger partial charge is 0.377 e. The zero-order valence-electron chi connectivity index (χ0n) is 11.1. The fourth-order valence-electron chi connectivity index (χ4n) is 2.20. The Bertz CT molecular complexity index is 611. The second-order valence-electron chi connectivity index (χ2n) is 4.71. The van der Waals surface area contributed by atoms with Crippen LogP contribution in [0.15, 0.2) is 18.2 Å². The third-order valence-electron chi connectivity index (χ3n) is 3.27. The van der Waals surface area contributed by atoms with Crippen LogP contribution >= 0.6 is 0 Å². The van der Waals surface area contributed by atoms with Gasteiger partial charge in [-0.05, 0) is 25.0 Å². The van der Waals surface area contributed by atoms with Crippen LogP contribution in [0.4, 0.5) is 11.4 Å². The van der Waals surface area contributed by atoms with E-state index in [0.29, 0.717) is 24.9 Å². The van der Waals surface area contributed by atoms with Crippen molar-refractivity contribution in [3.63, 3.8) is 0 Å². The first kappa shape index (κ1) is 14.7. The van der Waals surface area contributed by atoms with Crippen LogP contribution < -0.4 is 11.1 Å². The van der Waals surface area contributed by atoms with E-state index in [4.69, 9.17) is 15.7 Å². The third kappa shape index (κ3) is 3.46. The molecule has 0 aliphatic carbocycles. The molecule has 1 amide bonds. The summed E-state index contributed by atoms with van der Waals surface area (Å²) in [6.07, 6.45) is 0.346. The average molecular weight is 290 g/mol. The number of ether oxygens (including phenoxy) is 1. The Morgan fingerprint density at radius 1 is 1.57 bits per heavy atom. The Morgan fingerprint density at radius 2 is 2.33 bits per heavy atom. The lowest BCUT2D eigenvalue weighted by atomic mass is 10.1. The van der Waals surface area contributed by atoms with E-state index in [9.17, 15) is 14.9 Å². The number of benzene rings is 1. The molecule has 3 N–H and O–H groups in total. The van der Waals surface area contributed by atoms with Crippen LogP contribution in [-0.2, 0) is 9.53 Å². The molecule has 1 aromatic carbocycles. The van der Waals surface area contributed by atoms with Gasteiger partial charge < -0.3 is 15.8 Å². The van der Waals surface area contributed by atoms with Gasteiger partial charge in [0.15, 0.2) is 0 Å². The van der Waals surface area contributed by atoms with Crippen molar-refractivity contribution in [3.05, 3.63) is 33.9 Å². The van der Waals surface area contributed by atoms with Crippen LogP contribution in [0, 0.1) is 21.4 Å². The van der Waals surface area contributed by atoms with Gasteiger partial charge in [-0.3, -0.25) is 14.9 Å². The van der Waals surface area contributed by atoms with Crippen molar-refractivity contribution in [2.45, 2.75) is 25.0 Å². The first-order valence-corrected chi connectivity index (χ1v) is 6.38. The van der Waals surface area contributed by atoms with Gasteiger partial charge in [0.25, 0.3) is 5.69 Å². The molecule has 0 spiro atoms. The number of nitro groups is 1. The van der Waals surface area contributed by atoms with Crippen LogP contribution in [0.3, 0.4) is 0 Å². The zero-order valence-corrected chi connectivity index (χ0v) is 11.1. The number of carbonyl (C=O) groups excluding carboxylic acids is 1. The number of hydrogen-bond donors (Lipinski definition) is 2. The smallest absolute Gasteiger partial charge is 0.292 e. The minimum absolute atomic E-state index is 0.113. The first-order valence-electron chi connectivity index (χ1n) is 6.38. The highest BCUT2D eigenvalue weighted by Crippen LogP contribution is 2.26. The molecule has 1 saturated heterocycles. The normalized spacial score (nSPS) is 20.7. The van der Waals surface area contributed by atoms with Gasteiger partial charge >= 0.3 is 0 Å². The summed E-state index contributed by atoms with van der Waals surface area (Å²) in [7, 11) is 0. The molecule has 8 heteroatoms. The summed E-state index contributed by atoms with van der Waals surface area (Å²) < 4.78 is 5.43. The minimum Gasteiger partial charge on any atom is -0.377 e. The predicted octanol–water partition coefficient (Wildman–Crippen LogP) is 0.911. The molecule has 0 bridgehead atoms. The van der Waals surface area contributed by atoms with Gasteiger partial charge in [-0.2, -0.15) is 5.26 Å². The predicted molar refractivity (Wildman–Crippen MR) is 73.4 cm³/mol. The lowest BCUT2D eigenvalue weighted by Gasteiger charge is -2.13. The Labute approximate surface area is 120 Å². The summed E-state index contributed by atoms with van der Waals surface area (Å²) >= 11 is 0. The van der Waals surface area contributed by atoms with E-state index in [1.807, 2.05) is 6.07 Å². The maximum absolute atomic E-state index is 11.0. The number of nitro benzene ring substituents is 1. The summed E-state index contributed by atoms with van der Waals surface area (Å²) in [6.45, 7) is 0.305. The van der Waals surface area contributed by atoms with E-state index in [-0.39, 0.29) is 17.5 Å². The number of primary amides is 1. The maximum Gasteiger partial charge on any atom is 0.292 e. The highest BCUT2D eigenvalue weighted by molar-refractivity contribution is 5.79. The minimum atomic E-state index is -0.600. The first-order chi connectivity index (χ1) is 10.0. The van der Waals surface area contributed by atoms with E-state index in [2.05, 4.69) is 5.32 Å². The molecule has 1 aromatic rings. The quantitative estimate of drug-likeness (QED) is 0.612. The molecule has 0 unspecified atom stereocenters. The van der Waals surface area contributed by atoms with Crippen molar-refractivity contribution in [2.24, 2.45) is 5.73 Å². The standard InChI is InChI=1S/C13H14N4O4/c14-6-8-1-3-11(17(19)20)10(5-8)16-7-9-2-4-12(21-9)13(15)18/h1,3,5,9,12,16H,2,4,7H2,(H2,15,18)/t9-,12-/m0/s1. The number of amides is 1. The van der Waals surface area contributed by atoms with Crippen molar-refractivity contribution in [3.8, 4) is 6.07 Å². The van der Waals surface area contributed by atoms with Gasteiger partial charge in [0.1, 0.15) is 11.8 Å². The molecule has 21 heavy (non-hydrogen) atoms. The topological polar surface area (TPSA) is 131 Å². The Kier molecular flexibility index (Phi) is 4.35.